The molecule has 2 aromatic rings. The van der Waals surface area contributed by atoms with Crippen molar-refractivity contribution in [3.8, 4) is 5.75 Å². The monoisotopic (exact) mass is 300 g/mol. The van der Waals surface area contributed by atoms with Crippen LogP contribution >= 0.6 is 0 Å². The van der Waals surface area contributed by atoms with Gasteiger partial charge in [-0.1, -0.05) is 0 Å². The van der Waals surface area contributed by atoms with Crippen LogP contribution in [0.2, 0.25) is 0 Å². The third-order valence-electron chi connectivity index (χ3n) is 2.80. The number of benzene rings is 2. The van der Waals surface area contributed by atoms with Gasteiger partial charge in [-0.05, 0) is 42.5 Å². The minimum absolute atomic E-state index is 0.118. The Morgan fingerprint density at radius 1 is 0.909 bits per heavy atom. The van der Waals surface area contributed by atoms with E-state index < -0.39 is 11.9 Å². The molecule has 0 radical (unpaired) electrons. The second kappa shape index (κ2) is 6.49. The van der Waals surface area contributed by atoms with Crippen LogP contribution in [0.5, 0.6) is 5.75 Å². The lowest BCUT2D eigenvalue weighted by molar-refractivity contribution is -0.136. The van der Waals surface area contributed by atoms with Crippen LogP contribution in [0.15, 0.2) is 52.7 Å². The Kier molecular flexibility index (Phi) is 4.47. The number of azo groups is 1. The number of carboxylic acids is 2. The van der Waals surface area contributed by atoms with Gasteiger partial charge < -0.3 is 15.3 Å². The van der Waals surface area contributed by atoms with E-state index in [9.17, 15) is 14.7 Å². The molecule has 112 valence electrons. The number of rotatable bonds is 5. The third-order valence-corrected chi connectivity index (χ3v) is 2.80. The standard InChI is InChI=1S/C15H12N2O5/c18-13-6-5-12(7-10(13)8-14(19)20)17-16-11-3-1-9(2-4-11)15(21)22/h1-7,18H,8H2,(H,19,20)(H,21,22)/b17-16+. The zero-order valence-corrected chi connectivity index (χ0v) is 11.3. The Bertz CT molecular complexity index is 738. The molecule has 2 aromatic carbocycles. The van der Waals surface area contributed by atoms with Crippen LogP contribution in [0.4, 0.5) is 11.4 Å². The zero-order valence-electron chi connectivity index (χ0n) is 11.3. The van der Waals surface area contributed by atoms with Crippen LogP contribution in [-0.4, -0.2) is 27.3 Å². The molecule has 0 fully saturated rings. The number of aromatic hydroxyl groups is 1. The first-order valence-corrected chi connectivity index (χ1v) is 6.24. The van der Waals surface area contributed by atoms with Crippen molar-refractivity contribution in [2.24, 2.45) is 10.2 Å². The highest BCUT2D eigenvalue weighted by molar-refractivity contribution is 5.87. The third kappa shape index (κ3) is 3.89. The van der Waals surface area contributed by atoms with E-state index in [0.717, 1.165) is 0 Å². The topological polar surface area (TPSA) is 120 Å². The van der Waals surface area contributed by atoms with Gasteiger partial charge >= 0.3 is 11.9 Å². The Balaban J connectivity index is 2.19. The van der Waals surface area contributed by atoms with Crippen LogP contribution < -0.4 is 0 Å². The predicted molar refractivity (Wildman–Crippen MR) is 77.0 cm³/mol. The predicted octanol–water partition coefficient (Wildman–Crippen LogP) is 3.13. The van der Waals surface area contributed by atoms with E-state index in [1.54, 1.807) is 0 Å². The highest BCUT2D eigenvalue weighted by Gasteiger charge is 2.07. The van der Waals surface area contributed by atoms with Gasteiger partial charge in [-0.25, -0.2) is 4.79 Å². The summed E-state index contributed by atoms with van der Waals surface area (Å²) in [4.78, 5) is 21.4. The van der Waals surface area contributed by atoms with E-state index in [0.29, 0.717) is 11.4 Å². The summed E-state index contributed by atoms with van der Waals surface area (Å²) >= 11 is 0. The highest BCUT2D eigenvalue weighted by atomic mass is 16.4. The Labute approximate surface area is 125 Å². The van der Waals surface area contributed by atoms with Crippen LogP contribution in [0.3, 0.4) is 0 Å². The lowest BCUT2D eigenvalue weighted by atomic mass is 10.1. The molecule has 0 aliphatic carbocycles. The molecule has 0 bridgehead atoms. The minimum Gasteiger partial charge on any atom is -0.508 e. The van der Waals surface area contributed by atoms with Crippen molar-refractivity contribution >= 4 is 23.3 Å². The number of nitrogens with zero attached hydrogens (tertiary/aromatic N) is 2. The van der Waals surface area contributed by atoms with Gasteiger partial charge in [-0.15, -0.1) is 0 Å². The fourth-order valence-electron chi connectivity index (χ4n) is 1.72. The van der Waals surface area contributed by atoms with E-state index in [1.807, 2.05) is 0 Å². The normalized spacial score (nSPS) is 10.7. The first-order valence-electron chi connectivity index (χ1n) is 6.24. The summed E-state index contributed by atoms with van der Waals surface area (Å²) < 4.78 is 0. The number of carbonyl (C=O) groups is 2. The Morgan fingerprint density at radius 3 is 2.09 bits per heavy atom. The van der Waals surface area contributed by atoms with Crippen molar-refractivity contribution in [1.82, 2.24) is 0 Å². The molecular weight excluding hydrogens is 288 g/mol. The maximum atomic E-state index is 10.7. The van der Waals surface area contributed by atoms with Crippen LogP contribution in [0.25, 0.3) is 0 Å². The highest BCUT2D eigenvalue weighted by Crippen LogP contribution is 2.25. The summed E-state index contributed by atoms with van der Waals surface area (Å²) in [5.74, 6) is -2.21. The molecule has 3 N–H and O–H groups in total. The minimum atomic E-state index is -1.06. The quantitative estimate of drug-likeness (QED) is 0.733. The van der Waals surface area contributed by atoms with E-state index in [4.69, 9.17) is 10.2 Å². The van der Waals surface area contributed by atoms with Crippen LogP contribution in [-0.2, 0) is 11.2 Å². The zero-order chi connectivity index (χ0) is 16.1. The van der Waals surface area contributed by atoms with Crippen LogP contribution in [0, 0.1) is 0 Å². The summed E-state index contributed by atoms with van der Waals surface area (Å²) in [6, 6.07) is 10.1. The lowest BCUT2D eigenvalue weighted by Crippen LogP contribution is -1.99. The van der Waals surface area contributed by atoms with E-state index >= 15 is 0 Å². The largest absolute Gasteiger partial charge is 0.508 e. The van der Waals surface area contributed by atoms with Crippen molar-refractivity contribution in [1.29, 1.82) is 0 Å². The first kappa shape index (κ1) is 15.2. The smallest absolute Gasteiger partial charge is 0.335 e. The molecule has 7 heteroatoms. The molecular formula is C15H12N2O5. The number of aromatic carboxylic acids is 1. The van der Waals surface area contributed by atoms with E-state index in [2.05, 4.69) is 10.2 Å². The summed E-state index contributed by atoms with van der Waals surface area (Å²) in [5.41, 5.74) is 1.23. The fourth-order valence-corrected chi connectivity index (χ4v) is 1.72. The SMILES string of the molecule is O=C(O)Cc1cc(/N=N/c2ccc(C(=O)O)cc2)ccc1O. The average molecular weight is 300 g/mol. The second-order valence-electron chi connectivity index (χ2n) is 4.44. The number of carboxylic acid groups (broad SMARTS) is 2. The van der Waals surface area contributed by atoms with Crippen molar-refractivity contribution in [3.63, 3.8) is 0 Å². The number of aliphatic carboxylic acids is 1. The number of phenolic OH excluding ortho intramolecular Hbond substituents is 1. The summed E-state index contributed by atoms with van der Waals surface area (Å²) in [6.45, 7) is 0. The summed E-state index contributed by atoms with van der Waals surface area (Å²) in [6.07, 6.45) is -0.317. The van der Waals surface area contributed by atoms with Gasteiger partial charge in [0.1, 0.15) is 5.75 Å². The van der Waals surface area contributed by atoms with Gasteiger partial charge in [-0.2, -0.15) is 10.2 Å². The molecule has 0 saturated heterocycles. The van der Waals surface area contributed by atoms with Crippen molar-refractivity contribution in [2.45, 2.75) is 6.42 Å². The van der Waals surface area contributed by atoms with E-state index in [1.165, 1.54) is 42.5 Å². The first-order chi connectivity index (χ1) is 10.5. The molecule has 0 heterocycles. The average Bonchev–Trinajstić information content (AvgIpc) is 2.48. The Morgan fingerprint density at radius 2 is 1.50 bits per heavy atom. The van der Waals surface area contributed by atoms with Gasteiger partial charge in [0.15, 0.2) is 0 Å². The van der Waals surface area contributed by atoms with Gasteiger partial charge in [0, 0.05) is 5.56 Å². The molecule has 0 amide bonds. The number of phenols is 1. The van der Waals surface area contributed by atoms with Gasteiger partial charge in [0.05, 0.1) is 23.4 Å². The molecule has 7 nitrogen and oxygen atoms in total. The molecule has 0 spiro atoms. The maximum Gasteiger partial charge on any atom is 0.335 e. The molecule has 0 atom stereocenters. The molecule has 0 aliphatic rings. The van der Waals surface area contributed by atoms with Crippen molar-refractivity contribution < 1.29 is 24.9 Å². The molecule has 0 aliphatic heterocycles. The molecule has 2 rings (SSSR count). The molecule has 0 unspecified atom stereocenters. The molecule has 0 saturated carbocycles. The fraction of sp³-hybridized carbons (Fsp3) is 0.0667. The summed E-state index contributed by atoms with van der Waals surface area (Å²) in [7, 11) is 0. The van der Waals surface area contributed by atoms with Gasteiger partial charge in [-0.3, -0.25) is 4.79 Å². The van der Waals surface area contributed by atoms with Crippen LogP contribution in [0.1, 0.15) is 15.9 Å². The summed E-state index contributed by atoms with van der Waals surface area (Å²) in [5, 5.41) is 35.0. The van der Waals surface area contributed by atoms with Gasteiger partial charge in [0.25, 0.3) is 0 Å². The maximum absolute atomic E-state index is 10.7. The second-order valence-corrected chi connectivity index (χ2v) is 4.44. The number of hydrogen-bond donors (Lipinski definition) is 3. The van der Waals surface area contributed by atoms with Crippen molar-refractivity contribution in [3.05, 3.63) is 53.6 Å². The van der Waals surface area contributed by atoms with Crippen molar-refractivity contribution in [2.75, 3.05) is 0 Å². The lowest BCUT2D eigenvalue weighted by Gasteiger charge is -2.02. The van der Waals surface area contributed by atoms with Gasteiger partial charge in [0.2, 0.25) is 0 Å². The van der Waals surface area contributed by atoms with E-state index in [-0.39, 0.29) is 23.3 Å². The number of hydrogen-bond acceptors (Lipinski definition) is 5. The molecule has 0 aromatic heterocycles. The molecule has 22 heavy (non-hydrogen) atoms. The Hall–Kier alpha value is -3.22.